The molecule has 1 aromatic rings. The zero-order chi connectivity index (χ0) is 17.4. The standard InChI is InChI=1S/C18H30N2O3.ClH/c1-6-22-16-9-8-14(11-17(16)23-7-2)13(5)20-18(21)15(19)10-12(3)4;/h8-9,11-13,15H,6-7,10,19H2,1-5H3,(H,20,21);1H/t13?,15-;/m0./s1. The smallest absolute Gasteiger partial charge is 0.237 e. The summed E-state index contributed by atoms with van der Waals surface area (Å²) < 4.78 is 11.2. The summed E-state index contributed by atoms with van der Waals surface area (Å²) in [6.07, 6.45) is 0.673. The van der Waals surface area contributed by atoms with Crippen LogP contribution >= 0.6 is 12.4 Å². The number of nitrogens with two attached hydrogens (primary N) is 1. The number of carbonyl (C=O) groups excluding carboxylic acids is 1. The van der Waals surface area contributed by atoms with E-state index in [4.69, 9.17) is 15.2 Å². The summed E-state index contributed by atoms with van der Waals surface area (Å²) in [7, 11) is 0. The van der Waals surface area contributed by atoms with E-state index in [1.807, 2.05) is 39.0 Å². The fourth-order valence-electron chi connectivity index (χ4n) is 2.36. The van der Waals surface area contributed by atoms with E-state index in [0.29, 0.717) is 37.1 Å². The number of halogens is 1. The Balaban J connectivity index is 0.00000529. The summed E-state index contributed by atoms with van der Waals surface area (Å²) in [4.78, 5) is 12.2. The number of nitrogens with one attached hydrogen (secondary N) is 1. The molecule has 24 heavy (non-hydrogen) atoms. The van der Waals surface area contributed by atoms with Crippen LogP contribution in [0.2, 0.25) is 0 Å². The average Bonchev–Trinajstić information content (AvgIpc) is 2.48. The van der Waals surface area contributed by atoms with Crippen LogP contribution in [0.15, 0.2) is 18.2 Å². The second kappa shape index (κ2) is 11.2. The first kappa shape index (κ1) is 22.5. The molecule has 138 valence electrons. The van der Waals surface area contributed by atoms with Gasteiger partial charge in [-0.3, -0.25) is 4.79 Å². The molecular weight excluding hydrogens is 328 g/mol. The lowest BCUT2D eigenvalue weighted by molar-refractivity contribution is -0.123. The van der Waals surface area contributed by atoms with Gasteiger partial charge in [0.25, 0.3) is 0 Å². The first-order valence-electron chi connectivity index (χ1n) is 8.34. The molecule has 0 saturated heterocycles. The first-order chi connectivity index (χ1) is 10.9. The molecule has 1 unspecified atom stereocenters. The van der Waals surface area contributed by atoms with Crippen molar-refractivity contribution < 1.29 is 14.3 Å². The van der Waals surface area contributed by atoms with Crippen LogP contribution in [-0.4, -0.2) is 25.2 Å². The third-order valence-electron chi connectivity index (χ3n) is 3.49. The predicted octanol–water partition coefficient (Wildman–Crippen LogP) is 3.46. The molecule has 2 atom stereocenters. The van der Waals surface area contributed by atoms with Gasteiger partial charge < -0.3 is 20.5 Å². The average molecular weight is 359 g/mol. The molecule has 0 aliphatic rings. The van der Waals surface area contributed by atoms with Crippen LogP contribution in [0, 0.1) is 5.92 Å². The van der Waals surface area contributed by atoms with Crippen LogP contribution in [0.4, 0.5) is 0 Å². The molecule has 0 heterocycles. The third kappa shape index (κ3) is 6.97. The van der Waals surface area contributed by atoms with Crippen molar-refractivity contribution in [1.82, 2.24) is 5.32 Å². The maximum absolute atomic E-state index is 12.2. The SMILES string of the molecule is CCOc1ccc(C(C)NC(=O)[C@@H](N)CC(C)C)cc1OCC.Cl. The van der Waals surface area contributed by atoms with Crippen LogP contribution in [0.3, 0.4) is 0 Å². The van der Waals surface area contributed by atoms with Crippen molar-refractivity contribution in [2.24, 2.45) is 11.7 Å². The summed E-state index contributed by atoms with van der Waals surface area (Å²) in [6, 6.07) is 5.10. The van der Waals surface area contributed by atoms with Gasteiger partial charge in [0.15, 0.2) is 11.5 Å². The first-order valence-corrected chi connectivity index (χ1v) is 8.34. The molecule has 0 spiro atoms. The zero-order valence-electron chi connectivity index (χ0n) is 15.3. The number of carbonyl (C=O) groups is 1. The Bertz CT molecular complexity index is 509. The Morgan fingerprint density at radius 1 is 1.12 bits per heavy atom. The fourth-order valence-corrected chi connectivity index (χ4v) is 2.36. The minimum Gasteiger partial charge on any atom is -0.490 e. The number of hydrogen-bond donors (Lipinski definition) is 2. The van der Waals surface area contributed by atoms with Crippen molar-refractivity contribution in [1.29, 1.82) is 0 Å². The Morgan fingerprint density at radius 3 is 2.25 bits per heavy atom. The van der Waals surface area contributed by atoms with Crippen molar-refractivity contribution in [3.63, 3.8) is 0 Å². The van der Waals surface area contributed by atoms with Crippen molar-refractivity contribution >= 4 is 18.3 Å². The molecule has 0 aliphatic heterocycles. The lowest BCUT2D eigenvalue weighted by Crippen LogP contribution is -2.42. The summed E-state index contributed by atoms with van der Waals surface area (Å²) in [5.41, 5.74) is 6.89. The van der Waals surface area contributed by atoms with Crippen molar-refractivity contribution in [2.75, 3.05) is 13.2 Å². The number of ether oxygens (including phenoxy) is 2. The minimum absolute atomic E-state index is 0. The topological polar surface area (TPSA) is 73.6 Å². The lowest BCUT2D eigenvalue weighted by atomic mass is 10.0. The van der Waals surface area contributed by atoms with Gasteiger partial charge >= 0.3 is 0 Å². The maximum Gasteiger partial charge on any atom is 0.237 e. The van der Waals surface area contributed by atoms with Gasteiger partial charge in [-0.25, -0.2) is 0 Å². The number of amides is 1. The number of hydrogen-bond acceptors (Lipinski definition) is 4. The quantitative estimate of drug-likeness (QED) is 0.709. The summed E-state index contributed by atoms with van der Waals surface area (Å²) in [5.74, 6) is 1.67. The molecule has 0 aliphatic carbocycles. The van der Waals surface area contributed by atoms with Gasteiger partial charge in [0.2, 0.25) is 5.91 Å². The van der Waals surface area contributed by atoms with Crippen LogP contribution in [0.5, 0.6) is 11.5 Å². The maximum atomic E-state index is 12.2. The Kier molecular flexibility index (Phi) is 10.5. The van der Waals surface area contributed by atoms with Gasteiger partial charge in [0.1, 0.15) is 0 Å². The monoisotopic (exact) mass is 358 g/mol. The summed E-state index contributed by atoms with van der Waals surface area (Å²) in [5, 5.41) is 2.96. The molecule has 0 radical (unpaired) electrons. The van der Waals surface area contributed by atoms with E-state index < -0.39 is 6.04 Å². The highest BCUT2D eigenvalue weighted by Crippen LogP contribution is 2.30. The van der Waals surface area contributed by atoms with Gasteiger partial charge in [-0.15, -0.1) is 12.4 Å². The van der Waals surface area contributed by atoms with Crippen LogP contribution in [0.1, 0.15) is 52.6 Å². The van der Waals surface area contributed by atoms with E-state index in [1.54, 1.807) is 0 Å². The minimum atomic E-state index is -0.480. The Morgan fingerprint density at radius 2 is 1.71 bits per heavy atom. The Labute approximate surface area is 151 Å². The van der Waals surface area contributed by atoms with E-state index >= 15 is 0 Å². The molecule has 1 aromatic carbocycles. The zero-order valence-corrected chi connectivity index (χ0v) is 16.1. The molecule has 6 heteroatoms. The normalized spacial score (nSPS) is 13.0. The van der Waals surface area contributed by atoms with E-state index in [1.165, 1.54) is 0 Å². The molecule has 0 aromatic heterocycles. The largest absolute Gasteiger partial charge is 0.490 e. The van der Waals surface area contributed by atoms with Crippen molar-refractivity contribution in [3.05, 3.63) is 23.8 Å². The van der Waals surface area contributed by atoms with Gasteiger partial charge in [-0.1, -0.05) is 19.9 Å². The molecule has 1 rings (SSSR count). The fraction of sp³-hybridized carbons (Fsp3) is 0.611. The molecule has 3 N–H and O–H groups in total. The second-order valence-electron chi connectivity index (χ2n) is 6.04. The molecule has 0 bridgehead atoms. The van der Waals surface area contributed by atoms with E-state index in [-0.39, 0.29) is 24.4 Å². The predicted molar refractivity (Wildman–Crippen MR) is 100 cm³/mol. The van der Waals surface area contributed by atoms with Crippen LogP contribution in [-0.2, 0) is 4.79 Å². The van der Waals surface area contributed by atoms with Crippen molar-refractivity contribution in [3.8, 4) is 11.5 Å². The molecular formula is C18H31ClN2O3. The van der Waals surface area contributed by atoms with Gasteiger partial charge in [-0.05, 0) is 50.8 Å². The van der Waals surface area contributed by atoms with Gasteiger partial charge in [0, 0.05) is 0 Å². The van der Waals surface area contributed by atoms with Crippen LogP contribution in [0.25, 0.3) is 0 Å². The number of rotatable bonds is 9. The molecule has 0 saturated carbocycles. The highest BCUT2D eigenvalue weighted by atomic mass is 35.5. The molecule has 0 fully saturated rings. The van der Waals surface area contributed by atoms with Crippen molar-refractivity contribution in [2.45, 2.75) is 53.1 Å². The molecule has 5 nitrogen and oxygen atoms in total. The highest BCUT2D eigenvalue weighted by molar-refractivity contribution is 5.85. The third-order valence-corrected chi connectivity index (χ3v) is 3.49. The van der Waals surface area contributed by atoms with Gasteiger partial charge in [0.05, 0.1) is 25.3 Å². The van der Waals surface area contributed by atoms with E-state index in [0.717, 1.165) is 5.56 Å². The molecule has 1 amide bonds. The highest BCUT2D eigenvalue weighted by Gasteiger charge is 2.18. The van der Waals surface area contributed by atoms with Crippen LogP contribution < -0.4 is 20.5 Å². The van der Waals surface area contributed by atoms with Gasteiger partial charge in [-0.2, -0.15) is 0 Å². The Hall–Kier alpha value is -1.46. The summed E-state index contributed by atoms with van der Waals surface area (Å²) >= 11 is 0. The second-order valence-corrected chi connectivity index (χ2v) is 6.04. The van der Waals surface area contributed by atoms with E-state index in [2.05, 4.69) is 19.2 Å². The lowest BCUT2D eigenvalue weighted by Gasteiger charge is -2.20. The number of benzene rings is 1. The van der Waals surface area contributed by atoms with E-state index in [9.17, 15) is 4.79 Å². The summed E-state index contributed by atoms with van der Waals surface area (Å²) in [6.45, 7) is 11.0.